The molecule has 0 atom stereocenters. The normalized spacial score (nSPS) is 12.8. The average Bonchev–Trinajstić information content (AvgIpc) is 2.77. The van der Waals surface area contributed by atoms with Gasteiger partial charge in [-0.05, 0) is 30.7 Å². The van der Waals surface area contributed by atoms with Crippen molar-refractivity contribution in [3.05, 3.63) is 59.9 Å². The summed E-state index contributed by atoms with van der Waals surface area (Å²) in [6.45, 7) is 0.800. The van der Waals surface area contributed by atoms with Crippen LogP contribution >= 0.6 is 12.4 Å². The molecule has 0 saturated heterocycles. The summed E-state index contributed by atoms with van der Waals surface area (Å²) in [6.07, 6.45) is 3.90. The lowest BCUT2D eigenvalue weighted by molar-refractivity contribution is 0.0647. The summed E-state index contributed by atoms with van der Waals surface area (Å²) in [4.78, 5) is 29.4. The molecule has 22 heavy (non-hydrogen) atoms. The molecule has 0 N–H and O–H groups in total. The zero-order chi connectivity index (χ0) is 14.7. The van der Waals surface area contributed by atoms with Crippen LogP contribution in [0.3, 0.4) is 0 Å². The highest BCUT2D eigenvalue weighted by molar-refractivity contribution is 6.21. The van der Waals surface area contributed by atoms with Crippen molar-refractivity contribution >= 4 is 24.2 Å². The van der Waals surface area contributed by atoms with Gasteiger partial charge >= 0.3 is 0 Å². The first-order valence-electron chi connectivity index (χ1n) is 6.75. The van der Waals surface area contributed by atoms with Gasteiger partial charge in [0.1, 0.15) is 5.75 Å². The number of hydrogen-bond acceptors (Lipinski definition) is 4. The summed E-state index contributed by atoms with van der Waals surface area (Å²) in [5.74, 6) is 0.284. The Labute approximate surface area is 134 Å². The van der Waals surface area contributed by atoms with Crippen LogP contribution in [-0.4, -0.2) is 34.8 Å². The number of halogens is 1. The van der Waals surface area contributed by atoms with Gasteiger partial charge in [-0.15, -0.1) is 12.4 Å². The summed E-state index contributed by atoms with van der Waals surface area (Å²) in [6, 6.07) is 10.4. The van der Waals surface area contributed by atoms with Crippen LogP contribution in [0.2, 0.25) is 0 Å². The van der Waals surface area contributed by atoms with E-state index in [1.54, 1.807) is 48.8 Å². The second kappa shape index (κ2) is 7.04. The fourth-order valence-electron chi connectivity index (χ4n) is 2.29. The smallest absolute Gasteiger partial charge is 0.261 e. The first-order valence-corrected chi connectivity index (χ1v) is 6.75. The van der Waals surface area contributed by atoms with Crippen LogP contribution in [0.1, 0.15) is 27.1 Å². The predicted molar refractivity (Wildman–Crippen MR) is 83.4 cm³/mol. The monoisotopic (exact) mass is 318 g/mol. The molecule has 5 nitrogen and oxygen atoms in total. The third-order valence-electron chi connectivity index (χ3n) is 3.32. The number of hydrogen-bond donors (Lipinski definition) is 0. The van der Waals surface area contributed by atoms with E-state index in [2.05, 4.69) is 4.98 Å². The third-order valence-corrected chi connectivity index (χ3v) is 3.32. The fraction of sp³-hybridized carbons (Fsp3) is 0.188. The molecule has 0 radical (unpaired) electrons. The van der Waals surface area contributed by atoms with Crippen molar-refractivity contribution in [2.75, 3.05) is 13.2 Å². The number of imide groups is 1. The summed E-state index contributed by atoms with van der Waals surface area (Å²) in [5.41, 5.74) is 0.968. The largest absolute Gasteiger partial charge is 0.493 e. The molecule has 6 heteroatoms. The first-order chi connectivity index (χ1) is 10.3. The number of nitrogens with zero attached hydrogens (tertiary/aromatic N) is 2. The van der Waals surface area contributed by atoms with Gasteiger partial charge in [-0.3, -0.25) is 19.5 Å². The molecule has 0 aliphatic carbocycles. The van der Waals surface area contributed by atoms with Gasteiger partial charge in [-0.1, -0.05) is 12.1 Å². The van der Waals surface area contributed by atoms with Crippen molar-refractivity contribution in [1.29, 1.82) is 0 Å². The lowest BCUT2D eigenvalue weighted by Crippen LogP contribution is -2.31. The van der Waals surface area contributed by atoms with E-state index in [0.29, 0.717) is 30.7 Å². The van der Waals surface area contributed by atoms with E-state index in [9.17, 15) is 9.59 Å². The Morgan fingerprint density at radius 2 is 1.55 bits per heavy atom. The maximum atomic E-state index is 12.1. The van der Waals surface area contributed by atoms with Crippen LogP contribution in [-0.2, 0) is 0 Å². The van der Waals surface area contributed by atoms with E-state index in [4.69, 9.17) is 4.74 Å². The fourth-order valence-corrected chi connectivity index (χ4v) is 2.29. The topological polar surface area (TPSA) is 59.5 Å². The summed E-state index contributed by atoms with van der Waals surface area (Å²) >= 11 is 0. The first kappa shape index (κ1) is 16.0. The zero-order valence-corrected chi connectivity index (χ0v) is 12.6. The van der Waals surface area contributed by atoms with Gasteiger partial charge in [0, 0.05) is 18.9 Å². The van der Waals surface area contributed by atoms with Crippen LogP contribution in [0, 0.1) is 0 Å². The number of ether oxygens (including phenoxy) is 1. The molecule has 1 aromatic carbocycles. The highest BCUT2D eigenvalue weighted by atomic mass is 35.5. The molecule has 1 aliphatic rings. The van der Waals surface area contributed by atoms with E-state index < -0.39 is 0 Å². The van der Waals surface area contributed by atoms with E-state index in [1.807, 2.05) is 0 Å². The highest BCUT2D eigenvalue weighted by Crippen LogP contribution is 2.22. The minimum absolute atomic E-state index is 0. The standard InChI is InChI=1S/C16H14N2O3.ClH/c19-15-13-4-1-2-5-14(13)16(20)18(15)10-3-11-21-12-6-8-17-9-7-12;/h1-2,4-9H,3,10-11H2;1H. The Hall–Kier alpha value is -2.40. The van der Waals surface area contributed by atoms with Crippen molar-refractivity contribution in [2.45, 2.75) is 6.42 Å². The van der Waals surface area contributed by atoms with Crippen LogP contribution < -0.4 is 4.74 Å². The molecule has 1 aliphatic heterocycles. The third kappa shape index (κ3) is 3.09. The lowest BCUT2D eigenvalue weighted by atomic mass is 10.1. The Kier molecular flexibility index (Phi) is 5.12. The van der Waals surface area contributed by atoms with Crippen molar-refractivity contribution in [1.82, 2.24) is 9.88 Å². The molecule has 0 spiro atoms. The molecular formula is C16H15ClN2O3. The summed E-state index contributed by atoms with van der Waals surface area (Å²) in [5, 5.41) is 0. The van der Waals surface area contributed by atoms with Crippen molar-refractivity contribution in [3.63, 3.8) is 0 Å². The number of carbonyl (C=O) groups excluding carboxylic acids is 2. The van der Waals surface area contributed by atoms with Gasteiger partial charge in [-0.25, -0.2) is 0 Å². The van der Waals surface area contributed by atoms with Gasteiger partial charge < -0.3 is 4.74 Å². The van der Waals surface area contributed by atoms with Crippen LogP contribution in [0.25, 0.3) is 0 Å². The molecule has 1 aromatic heterocycles. The van der Waals surface area contributed by atoms with Crippen LogP contribution in [0.5, 0.6) is 5.75 Å². The Bertz CT molecular complexity index is 641. The lowest BCUT2D eigenvalue weighted by Gasteiger charge is -2.13. The average molecular weight is 319 g/mol. The second-order valence-electron chi connectivity index (χ2n) is 4.69. The Balaban J connectivity index is 0.00000176. The number of pyridine rings is 1. The SMILES string of the molecule is Cl.O=C1c2ccccc2C(=O)N1CCCOc1ccncc1. The van der Waals surface area contributed by atoms with Crippen LogP contribution in [0.4, 0.5) is 0 Å². The molecule has 0 unspecified atom stereocenters. The molecule has 114 valence electrons. The molecule has 3 rings (SSSR count). The van der Waals surface area contributed by atoms with Gasteiger partial charge in [0.05, 0.1) is 17.7 Å². The number of amides is 2. The molecule has 0 fully saturated rings. The Morgan fingerprint density at radius 1 is 0.955 bits per heavy atom. The zero-order valence-electron chi connectivity index (χ0n) is 11.8. The van der Waals surface area contributed by atoms with Gasteiger partial charge in [-0.2, -0.15) is 0 Å². The number of rotatable bonds is 5. The Morgan fingerprint density at radius 3 is 2.14 bits per heavy atom. The van der Waals surface area contributed by atoms with Crippen molar-refractivity contribution in [2.24, 2.45) is 0 Å². The van der Waals surface area contributed by atoms with E-state index in [0.717, 1.165) is 5.75 Å². The number of aromatic nitrogens is 1. The molecule has 0 saturated carbocycles. The van der Waals surface area contributed by atoms with Gasteiger partial charge in [0.2, 0.25) is 0 Å². The maximum absolute atomic E-state index is 12.1. The van der Waals surface area contributed by atoms with Gasteiger partial charge in [0.25, 0.3) is 11.8 Å². The minimum Gasteiger partial charge on any atom is -0.493 e. The summed E-state index contributed by atoms with van der Waals surface area (Å²) < 4.78 is 5.52. The predicted octanol–water partition coefficient (Wildman–Crippen LogP) is 2.57. The molecule has 2 aromatic rings. The van der Waals surface area contributed by atoms with Crippen molar-refractivity contribution in [3.8, 4) is 5.75 Å². The minimum atomic E-state index is -0.223. The molecule has 2 heterocycles. The maximum Gasteiger partial charge on any atom is 0.261 e. The number of fused-ring (bicyclic) bond motifs is 1. The second-order valence-corrected chi connectivity index (χ2v) is 4.69. The van der Waals surface area contributed by atoms with Crippen LogP contribution in [0.15, 0.2) is 48.8 Å². The number of benzene rings is 1. The number of carbonyl (C=O) groups is 2. The summed E-state index contributed by atoms with van der Waals surface area (Å²) in [7, 11) is 0. The van der Waals surface area contributed by atoms with E-state index in [1.165, 1.54) is 4.90 Å². The molecule has 0 bridgehead atoms. The molecule has 2 amide bonds. The quantitative estimate of drug-likeness (QED) is 0.628. The molecular weight excluding hydrogens is 304 g/mol. The van der Waals surface area contributed by atoms with E-state index in [-0.39, 0.29) is 24.2 Å². The van der Waals surface area contributed by atoms with E-state index >= 15 is 0 Å². The highest BCUT2D eigenvalue weighted by Gasteiger charge is 2.34. The van der Waals surface area contributed by atoms with Crippen molar-refractivity contribution < 1.29 is 14.3 Å². The van der Waals surface area contributed by atoms with Gasteiger partial charge in [0.15, 0.2) is 0 Å².